The molecule has 0 radical (unpaired) electrons. The third kappa shape index (κ3) is 2.38. The number of nitrogens with zero attached hydrogens (tertiary/aromatic N) is 3. The number of amidine groups is 1. The number of carbonyl (C=O) groups is 1. The number of allylic oxidation sites excluding steroid dienone is 1. The van der Waals surface area contributed by atoms with Crippen LogP contribution in [0.3, 0.4) is 0 Å². The molecule has 1 unspecified atom stereocenters. The zero-order valence-corrected chi connectivity index (χ0v) is 13.5. The number of ether oxygens (including phenoxy) is 1. The van der Waals surface area contributed by atoms with E-state index in [2.05, 4.69) is 25.9 Å². The zero-order valence-electron chi connectivity index (χ0n) is 11.1. The molecule has 4 aliphatic rings. The SMILES string of the molecule is O=C1CC[C@@H]2CO[C@@H](C3=C4C=NC=C[NH+]4C(Br)=N3)CN12.[Cl-]. The molecule has 1 amide bonds. The average molecular weight is 374 g/mol. The van der Waals surface area contributed by atoms with E-state index in [1.807, 2.05) is 17.3 Å². The summed E-state index contributed by atoms with van der Waals surface area (Å²) in [6, 6.07) is 0.251. The minimum atomic E-state index is -0.161. The number of morpholine rings is 1. The van der Waals surface area contributed by atoms with Gasteiger partial charge in [-0.05, 0) is 6.42 Å². The first-order valence-electron chi connectivity index (χ1n) is 6.71. The molecule has 0 aromatic carbocycles. The fraction of sp³-hybridized carbons (Fsp3) is 0.462. The van der Waals surface area contributed by atoms with Crippen LogP contribution in [0.4, 0.5) is 0 Å². The lowest BCUT2D eigenvalue weighted by atomic mass is 10.1. The smallest absolute Gasteiger partial charge is 0.279 e. The monoisotopic (exact) mass is 372 g/mol. The number of carbonyl (C=O) groups excluding carboxylic acids is 1. The third-order valence-corrected chi connectivity index (χ3v) is 4.75. The third-order valence-electron chi connectivity index (χ3n) is 4.15. The Hall–Kier alpha value is -1.02. The van der Waals surface area contributed by atoms with Gasteiger partial charge < -0.3 is 22.0 Å². The Balaban J connectivity index is 0.00000132. The molecule has 0 aromatic rings. The number of hydrogen-bond acceptors (Lipinski definition) is 4. The van der Waals surface area contributed by atoms with Gasteiger partial charge in [-0.25, -0.2) is 4.90 Å². The molecule has 0 saturated carbocycles. The summed E-state index contributed by atoms with van der Waals surface area (Å²) >= 11 is 3.48. The average Bonchev–Trinajstić information content (AvgIpc) is 3.01. The van der Waals surface area contributed by atoms with E-state index in [4.69, 9.17) is 4.74 Å². The maximum atomic E-state index is 11.9. The molecular formula is C13H14BrClN4O2. The molecule has 4 heterocycles. The number of aliphatic imine (C=N–C) groups is 2. The fourth-order valence-corrected chi connectivity index (χ4v) is 3.63. The van der Waals surface area contributed by atoms with Crippen LogP contribution >= 0.6 is 15.9 Å². The molecule has 21 heavy (non-hydrogen) atoms. The minimum Gasteiger partial charge on any atom is -1.00 e. The number of quaternary nitrogens is 1. The minimum absolute atomic E-state index is 0. The van der Waals surface area contributed by atoms with Crippen LogP contribution in [0, 0.1) is 0 Å². The van der Waals surface area contributed by atoms with E-state index >= 15 is 0 Å². The molecule has 6 nitrogen and oxygen atoms in total. The van der Waals surface area contributed by atoms with Gasteiger partial charge in [-0.15, -0.1) is 0 Å². The number of fused-ring (bicyclic) bond motifs is 2. The highest BCUT2D eigenvalue weighted by Crippen LogP contribution is 2.28. The number of nitrogens with one attached hydrogen (secondary N) is 1. The summed E-state index contributed by atoms with van der Waals surface area (Å²) in [5.74, 6) is 0.233. The lowest BCUT2D eigenvalue weighted by Gasteiger charge is -2.34. The fourth-order valence-electron chi connectivity index (χ4n) is 3.09. The zero-order chi connectivity index (χ0) is 13.7. The van der Waals surface area contributed by atoms with E-state index in [1.54, 1.807) is 6.20 Å². The van der Waals surface area contributed by atoms with Gasteiger partial charge in [0.1, 0.15) is 18.0 Å². The standard InChI is InChI=1S/C13H13BrN4O2.ClH/c14-13-16-12(9-5-15-3-4-17(9)13)10-6-18-8(7-20-10)1-2-11(18)19;/h3-5,8,10H,1-2,6-7H2;1H/t8-,10-;/m1./s1. The molecule has 0 aliphatic carbocycles. The number of amides is 1. The van der Waals surface area contributed by atoms with Gasteiger partial charge in [-0.1, -0.05) is 0 Å². The van der Waals surface area contributed by atoms with Gasteiger partial charge in [0, 0.05) is 22.4 Å². The van der Waals surface area contributed by atoms with Crippen molar-refractivity contribution < 1.29 is 26.8 Å². The molecule has 8 heteroatoms. The van der Waals surface area contributed by atoms with Gasteiger partial charge in [0.15, 0.2) is 5.70 Å². The summed E-state index contributed by atoms with van der Waals surface area (Å²) in [6.45, 7) is 1.19. The van der Waals surface area contributed by atoms with Crippen molar-refractivity contribution in [1.82, 2.24) is 4.90 Å². The summed E-state index contributed by atoms with van der Waals surface area (Å²) < 4.78 is 6.75. The van der Waals surface area contributed by atoms with E-state index in [-0.39, 0.29) is 30.5 Å². The second kappa shape index (κ2) is 5.64. The first-order valence-corrected chi connectivity index (χ1v) is 7.50. The van der Waals surface area contributed by atoms with Crippen molar-refractivity contribution in [2.24, 2.45) is 9.98 Å². The largest absolute Gasteiger partial charge is 1.00 e. The van der Waals surface area contributed by atoms with E-state index in [0.717, 1.165) is 27.5 Å². The van der Waals surface area contributed by atoms with Crippen LogP contribution < -0.4 is 17.3 Å². The van der Waals surface area contributed by atoms with Crippen LogP contribution in [0.25, 0.3) is 0 Å². The van der Waals surface area contributed by atoms with Crippen LogP contribution in [0.15, 0.2) is 33.8 Å². The molecule has 0 spiro atoms. The molecule has 4 rings (SSSR count). The predicted octanol–water partition coefficient (Wildman–Crippen LogP) is -3.20. The maximum absolute atomic E-state index is 11.9. The molecule has 0 bridgehead atoms. The summed E-state index contributed by atoms with van der Waals surface area (Å²) in [6.07, 6.45) is 6.88. The highest BCUT2D eigenvalue weighted by atomic mass is 79.9. The van der Waals surface area contributed by atoms with Gasteiger partial charge in [0.05, 0.1) is 31.6 Å². The van der Waals surface area contributed by atoms with Crippen LogP contribution in [0.2, 0.25) is 0 Å². The van der Waals surface area contributed by atoms with Crippen molar-refractivity contribution in [3.63, 3.8) is 0 Å². The topological polar surface area (TPSA) is 58.7 Å². The van der Waals surface area contributed by atoms with Crippen LogP contribution in [-0.2, 0) is 9.53 Å². The predicted molar refractivity (Wildman–Crippen MR) is 76.5 cm³/mol. The van der Waals surface area contributed by atoms with Crippen LogP contribution in [0.5, 0.6) is 0 Å². The quantitative estimate of drug-likeness (QED) is 0.492. The van der Waals surface area contributed by atoms with Crippen molar-refractivity contribution in [1.29, 1.82) is 0 Å². The van der Waals surface area contributed by atoms with Crippen molar-refractivity contribution in [3.8, 4) is 0 Å². The molecular weight excluding hydrogens is 360 g/mol. The summed E-state index contributed by atoms with van der Waals surface area (Å²) in [5.41, 5.74) is 1.87. The molecule has 2 saturated heterocycles. The van der Waals surface area contributed by atoms with Crippen molar-refractivity contribution in [2.75, 3.05) is 13.2 Å². The Kier molecular flexibility index (Phi) is 4.00. The van der Waals surface area contributed by atoms with E-state index in [0.29, 0.717) is 19.6 Å². The van der Waals surface area contributed by atoms with Crippen LogP contribution in [0.1, 0.15) is 12.8 Å². The van der Waals surface area contributed by atoms with Gasteiger partial charge in [-0.2, -0.15) is 4.99 Å². The van der Waals surface area contributed by atoms with Gasteiger partial charge in [0.2, 0.25) is 5.91 Å². The molecule has 112 valence electrons. The second-order valence-electron chi connectivity index (χ2n) is 5.27. The first kappa shape index (κ1) is 14.9. The Morgan fingerprint density at radius 1 is 1.48 bits per heavy atom. The maximum Gasteiger partial charge on any atom is 0.279 e. The lowest BCUT2D eigenvalue weighted by Crippen LogP contribution is -3.07. The van der Waals surface area contributed by atoms with Crippen molar-refractivity contribution >= 4 is 32.8 Å². The first-order chi connectivity index (χ1) is 9.74. The number of rotatable bonds is 1. The molecule has 4 aliphatic heterocycles. The Morgan fingerprint density at radius 2 is 2.33 bits per heavy atom. The van der Waals surface area contributed by atoms with Crippen molar-refractivity contribution in [3.05, 3.63) is 23.8 Å². The van der Waals surface area contributed by atoms with E-state index in [9.17, 15) is 4.79 Å². The summed E-state index contributed by atoms with van der Waals surface area (Å²) in [4.78, 5) is 23.6. The Morgan fingerprint density at radius 3 is 3.19 bits per heavy atom. The van der Waals surface area contributed by atoms with Crippen LogP contribution in [-0.4, -0.2) is 47.1 Å². The second-order valence-corrected chi connectivity index (χ2v) is 6.02. The Bertz CT molecular complexity index is 601. The number of halogens is 2. The van der Waals surface area contributed by atoms with E-state index in [1.165, 1.54) is 0 Å². The molecule has 2 fully saturated rings. The number of hydrogen-bond donors (Lipinski definition) is 1. The van der Waals surface area contributed by atoms with Gasteiger partial charge in [0.25, 0.3) is 4.74 Å². The van der Waals surface area contributed by atoms with E-state index < -0.39 is 0 Å². The van der Waals surface area contributed by atoms with Gasteiger partial charge >= 0.3 is 0 Å². The van der Waals surface area contributed by atoms with Crippen molar-refractivity contribution in [2.45, 2.75) is 25.0 Å². The summed E-state index contributed by atoms with van der Waals surface area (Å²) in [5, 5.41) is 0. The van der Waals surface area contributed by atoms with Gasteiger partial charge in [-0.3, -0.25) is 9.79 Å². The lowest BCUT2D eigenvalue weighted by molar-refractivity contribution is -0.685. The molecule has 1 N–H and O–H groups in total. The highest BCUT2D eigenvalue weighted by molar-refractivity contribution is 9.18. The molecule has 0 aromatic heterocycles. The highest BCUT2D eigenvalue weighted by Gasteiger charge is 2.42. The Labute approximate surface area is 136 Å². The molecule has 3 atom stereocenters. The summed E-state index contributed by atoms with van der Waals surface area (Å²) in [7, 11) is 0. The normalized spacial score (nSPS) is 33.8.